The fourth-order valence-corrected chi connectivity index (χ4v) is 5.80. The average molecular weight is 527 g/mol. The van der Waals surface area contributed by atoms with Gasteiger partial charge in [0, 0.05) is 16.2 Å². The Morgan fingerprint density at radius 1 is 0.486 bits per heavy atom. The predicted molar refractivity (Wildman–Crippen MR) is 143 cm³/mol. The summed E-state index contributed by atoms with van der Waals surface area (Å²) in [5.74, 6) is 0. The van der Waals surface area contributed by atoms with Crippen LogP contribution in [0, 0.1) is 27.1 Å². The summed E-state index contributed by atoms with van der Waals surface area (Å²) in [5, 5.41) is 0. The molecule has 4 aliphatic rings. The van der Waals surface area contributed by atoms with Crippen LogP contribution in [0.5, 0.6) is 0 Å². The van der Waals surface area contributed by atoms with E-state index in [1.807, 2.05) is 0 Å². The van der Waals surface area contributed by atoms with Gasteiger partial charge in [-0.05, 0) is 43.9 Å². The fraction of sp³-hybridized carbons (Fsp3) is 1.00. The highest BCUT2D eigenvalue weighted by molar-refractivity contribution is 4.90. The van der Waals surface area contributed by atoms with E-state index in [9.17, 15) is 0 Å². The first kappa shape index (κ1) is 29.7. The summed E-state index contributed by atoms with van der Waals surface area (Å²) in [7, 11) is 0. The molecule has 0 spiro atoms. The molecule has 3 saturated heterocycles. The predicted octanol–water partition coefficient (Wildman–Crippen LogP) is 4.90. The summed E-state index contributed by atoms with van der Waals surface area (Å²) < 4.78 is 42.6. The Morgan fingerprint density at radius 2 is 0.784 bits per heavy atom. The summed E-state index contributed by atoms with van der Waals surface area (Å²) in [4.78, 5) is 0. The molecule has 4 rings (SSSR count). The van der Waals surface area contributed by atoms with Gasteiger partial charge in [0.2, 0.25) is 0 Å². The van der Waals surface area contributed by atoms with Gasteiger partial charge < -0.3 is 33.2 Å². The van der Waals surface area contributed by atoms with Gasteiger partial charge >= 0.3 is 0 Å². The minimum atomic E-state index is -0.350. The van der Waals surface area contributed by atoms with Gasteiger partial charge in [0.25, 0.3) is 0 Å². The number of ether oxygens (including phenoxy) is 7. The van der Waals surface area contributed by atoms with Gasteiger partial charge in [-0.1, -0.05) is 34.1 Å². The molecule has 0 aromatic rings. The molecule has 3 aliphatic heterocycles. The van der Waals surface area contributed by atoms with Crippen LogP contribution in [0.15, 0.2) is 0 Å². The van der Waals surface area contributed by atoms with Crippen molar-refractivity contribution < 1.29 is 33.2 Å². The normalized spacial score (nSPS) is 25.0. The third-order valence-corrected chi connectivity index (χ3v) is 10.1. The van der Waals surface area contributed by atoms with E-state index in [2.05, 4.69) is 27.7 Å². The number of rotatable bonds is 20. The van der Waals surface area contributed by atoms with Crippen LogP contribution in [0.25, 0.3) is 0 Å². The molecule has 216 valence electrons. The van der Waals surface area contributed by atoms with Crippen molar-refractivity contribution in [1.29, 1.82) is 0 Å². The van der Waals surface area contributed by atoms with Crippen LogP contribution in [0.1, 0.15) is 72.6 Å². The third kappa shape index (κ3) is 7.08. The lowest BCUT2D eigenvalue weighted by molar-refractivity contribution is -0.196. The third-order valence-electron chi connectivity index (χ3n) is 10.1. The zero-order valence-electron chi connectivity index (χ0n) is 24.2. The minimum absolute atomic E-state index is 0.150. The van der Waals surface area contributed by atoms with E-state index < -0.39 is 0 Å². The van der Waals surface area contributed by atoms with E-state index in [-0.39, 0.29) is 21.7 Å². The molecule has 0 unspecified atom stereocenters. The molecule has 0 amide bonds. The topological polar surface area (TPSA) is 64.6 Å². The van der Waals surface area contributed by atoms with Gasteiger partial charge in [-0.3, -0.25) is 0 Å². The van der Waals surface area contributed by atoms with Crippen molar-refractivity contribution in [3.05, 3.63) is 0 Å². The Kier molecular flexibility index (Phi) is 10.4. The highest BCUT2D eigenvalue weighted by Crippen LogP contribution is 2.44. The summed E-state index contributed by atoms with van der Waals surface area (Å²) in [6, 6.07) is 0. The van der Waals surface area contributed by atoms with Gasteiger partial charge in [-0.2, -0.15) is 0 Å². The van der Waals surface area contributed by atoms with Gasteiger partial charge in [-0.15, -0.1) is 0 Å². The fourth-order valence-electron chi connectivity index (χ4n) is 5.80. The van der Waals surface area contributed by atoms with Crippen LogP contribution in [-0.4, -0.2) is 92.5 Å². The van der Waals surface area contributed by atoms with Crippen molar-refractivity contribution in [2.75, 3.05) is 92.5 Å². The second-order valence-corrected chi connectivity index (χ2v) is 13.2. The first-order chi connectivity index (χ1) is 17.9. The molecule has 1 saturated carbocycles. The van der Waals surface area contributed by atoms with E-state index in [0.29, 0.717) is 51.7 Å². The maximum atomic E-state index is 6.53. The Balaban J connectivity index is 1.41. The van der Waals surface area contributed by atoms with Crippen LogP contribution in [0.3, 0.4) is 0 Å². The summed E-state index contributed by atoms with van der Waals surface area (Å²) >= 11 is 0. The second kappa shape index (κ2) is 12.9. The Labute approximate surface area is 225 Å². The van der Waals surface area contributed by atoms with E-state index in [0.717, 1.165) is 65.5 Å². The standard InChI is InChI=1S/C30H54O7/c1-5-26(10-9-11-26)12-31-22-30(23-35-19-27(6-2)13-32-14-27,24-36-20-28(7-3)15-33-16-28)25-37-21-29(8-4)17-34-18-29/h5-25H2,1-4H3. The van der Waals surface area contributed by atoms with Gasteiger partial charge in [0.05, 0.1) is 97.9 Å². The zero-order valence-corrected chi connectivity index (χ0v) is 24.2. The van der Waals surface area contributed by atoms with E-state index in [1.165, 1.54) is 25.7 Å². The first-order valence-electron chi connectivity index (χ1n) is 14.9. The van der Waals surface area contributed by atoms with Crippen molar-refractivity contribution in [2.45, 2.75) is 72.6 Å². The van der Waals surface area contributed by atoms with Crippen molar-refractivity contribution >= 4 is 0 Å². The maximum absolute atomic E-state index is 6.53. The molecule has 0 atom stereocenters. The van der Waals surface area contributed by atoms with E-state index in [4.69, 9.17) is 33.2 Å². The maximum Gasteiger partial charge on any atom is 0.0637 e. The van der Waals surface area contributed by atoms with E-state index in [1.54, 1.807) is 0 Å². The Bertz CT molecular complexity index is 540. The van der Waals surface area contributed by atoms with Crippen molar-refractivity contribution in [3.8, 4) is 0 Å². The zero-order chi connectivity index (χ0) is 26.3. The lowest BCUT2D eigenvalue weighted by Crippen LogP contribution is -2.51. The lowest BCUT2D eigenvalue weighted by Gasteiger charge is -2.45. The summed E-state index contributed by atoms with van der Waals surface area (Å²) in [6.07, 6.45) is 8.26. The molecule has 4 fully saturated rings. The first-order valence-corrected chi connectivity index (χ1v) is 14.9. The van der Waals surface area contributed by atoms with Crippen LogP contribution in [0.4, 0.5) is 0 Å². The van der Waals surface area contributed by atoms with E-state index >= 15 is 0 Å². The SMILES string of the molecule is CCC1(COCC(COCC2(CC)COC2)(COCC2(CC)COC2)COCC2(CC)COC2)CCC1. The monoisotopic (exact) mass is 526 g/mol. The van der Waals surface area contributed by atoms with Crippen LogP contribution < -0.4 is 0 Å². The smallest absolute Gasteiger partial charge is 0.0637 e. The molecule has 0 N–H and O–H groups in total. The summed E-state index contributed by atoms with van der Waals surface area (Å²) in [5.41, 5.74) is 0.457. The van der Waals surface area contributed by atoms with Gasteiger partial charge in [-0.25, -0.2) is 0 Å². The molecule has 0 aromatic carbocycles. The molecular weight excluding hydrogens is 472 g/mol. The molecular formula is C30H54O7. The van der Waals surface area contributed by atoms with Crippen LogP contribution in [0.2, 0.25) is 0 Å². The molecule has 0 aromatic heterocycles. The van der Waals surface area contributed by atoms with Crippen LogP contribution in [-0.2, 0) is 33.2 Å². The van der Waals surface area contributed by atoms with Crippen molar-refractivity contribution in [3.63, 3.8) is 0 Å². The Hall–Kier alpha value is -0.280. The average Bonchev–Trinajstić information content (AvgIpc) is 2.81. The highest BCUT2D eigenvalue weighted by atomic mass is 16.5. The number of hydrogen-bond donors (Lipinski definition) is 0. The highest BCUT2D eigenvalue weighted by Gasteiger charge is 2.43. The Morgan fingerprint density at radius 3 is 0.973 bits per heavy atom. The van der Waals surface area contributed by atoms with Gasteiger partial charge in [0.1, 0.15) is 0 Å². The van der Waals surface area contributed by atoms with Crippen molar-refractivity contribution in [1.82, 2.24) is 0 Å². The second-order valence-electron chi connectivity index (χ2n) is 13.2. The molecule has 3 heterocycles. The van der Waals surface area contributed by atoms with Gasteiger partial charge in [0.15, 0.2) is 0 Å². The minimum Gasteiger partial charge on any atom is -0.380 e. The molecule has 7 nitrogen and oxygen atoms in total. The lowest BCUT2D eigenvalue weighted by atomic mass is 9.68. The quantitative estimate of drug-likeness (QED) is 0.224. The van der Waals surface area contributed by atoms with Crippen LogP contribution >= 0.6 is 0 Å². The molecule has 0 bridgehead atoms. The molecule has 0 radical (unpaired) electrons. The largest absolute Gasteiger partial charge is 0.380 e. The number of hydrogen-bond acceptors (Lipinski definition) is 7. The molecule has 37 heavy (non-hydrogen) atoms. The molecule has 7 heteroatoms. The molecule has 1 aliphatic carbocycles. The van der Waals surface area contributed by atoms with Crippen molar-refractivity contribution in [2.24, 2.45) is 27.1 Å². The summed E-state index contributed by atoms with van der Waals surface area (Å²) in [6.45, 7) is 19.0.